The minimum Gasteiger partial charge on any atom is -0.461 e. The van der Waals surface area contributed by atoms with Crippen LogP contribution in [-0.2, 0) is 75.3 Å². The predicted molar refractivity (Wildman–Crippen MR) is 427 cm³/mol. The number of imide groups is 1. The number of carbonyl (C=O) groups is 14. The second kappa shape index (κ2) is 45.4. The Morgan fingerprint density at radius 3 is 1.84 bits per heavy atom. The number of esters is 1. The number of aliphatic hydroxyl groups is 2. The van der Waals surface area contributed by atoms with Crippen molar-refractivity contribution in [2.24, 2.45) is 34.6 Å². The Hall–Kier alpha value is -10.9. The number of H-pyrrole nitrogens is 1. The molecular formula is C79H114FN19O17. The summed E-state index contributed by atoms with van der Waals surface area (Å²) < 4.78 is 20.7. The van der Waals surface area contributed by atoms with Crippen LogP contribution in [0.3, 0.4) is 0 Å². The third-order valence-corrected chi connectivity index (χ3v) is 19.8. The minimum absolute atomic E-state index is 0.0122. The first-order valence-corrected chi connectivity index (χ1v) is 38.9. The third kappa shape index (κ3) is 26.3. The Labute approximate surface area is 672 Å². The van der Waals surface area contributed by atoms with Crippen LogP contribution in [0.2, 0.25) is 0 Å². The fourth-order valence-electron chi connectivity index (χ4n) is 13.3. The number of amides is 13. The monoisotopic (exact) mass is 1620 g/mol. The van der Waals surface area contributed by atoms with E-state index in [0.29, 0.717) is 46.7 Å². The zero-order valence-electron chi connectivity index (χ0n) is 67.0. The van der Waals surface area contributed by atoms with Crippen LogP contribution in [0, 0.1) is 32.5 Å². The highest BCUT2D eigenvalue weighted by Crippen LogP contribution is 2.40. The van der Waals surface area contributed by atoms with Crippen LogP contribution in [0.1, 0.15) is 153 Å². The summed E-state index contributed by atoms with van der Waals surface area (Å²) in [6.07, 6.45) is -4.47. The highest BCUT2D eigenvalue weighted by atomic mass is 19.1. The van der Waals surface area contributed by atoms with Crippen LogP contribution in [0.15, 0.2) is 66.7 Å². The molecule has 634 valence electrons. The molecule has 6 rings (SSSR count). The van der Waals surface area contributed by atoms with Gasteiger partial charge < -0.3 is 112 Å². The standard InChI is InChI=1S/C79H114FN19O17/c1-10-98(11-2)35-34-87-75(111)64-43(6)58(88-44(64)7)39-51-50-38-49(80)20-22-61(50)99(78(51)114)79(115)63-42(5)16-15-19-48(63)40-116-62(102)23-21-52(85)67(103)96-66(46(9)101)77(113)93-55(26-31-83)69(105)92-57-28-33-86-76(112)65(45(8)100)97-72(108)56(27-32-84)90-68(104)53(24-29-81)91-73(109)59(36-41(3)4)94-74(110)60(37-47-17-13-12-14-18-47)95-70(106)54(25-30-82)89-71(57)107/h12-20,22,38-39,41,45-46,52-57,59-60,65-66,88,100-101H,10-11,21,23-37,40,81-85H2,1-9H3,(H,86,112)(H,87,111)(H,89,107)(H,90,104)(H,91,109)(H,92,105)(H,93,113)(H,94,110)(H,95,106)(H,96,103)(H,97,108)/b51-39-/t45-,46-,52+,53+,54+,55+,56+,57+,59+,60-,65+,66+/m1/s1. The molecule has 0 spiro atoms. The summed E-state index contributed by atoms with van der Waals surface area (Å²) in [7, 11) is 0. The number of fused-ring (bicyclic) bond motifs is 1. The van der Waals surface area contributed by atoms with E-state index in [-0.39, 0.29) is 104 Å². The van der Waals surface area contributed by atoms with Crippen molar-refractivity contribution in [3.8, 4) is 0 Å². The molecule has 13 amide bonds. The number of carbonyl (C=O) groups excluding carboxylic acids is 14. The summed E-state index contributed by atoms with van der Waals surface area (Å²) in [6.45, 7) is 15.6. The van der Waals surface area contributed by atoms with E-state index >= 15 is 4.39 Å². The molecule has 3 aromatic carbocycles. The van der Waals surface area contributed by atoms with Gasteiger partial charge in [0.25, 0.3) is 17.7 Å². The van der Waals surface area contributed by atoms with E-state index < -0.39 is 188 Å². The lowest BCUT2D eigenvalue weighted by Crippen LogP contribution is -2.61. The van der Waals surface area contributed by atoms with Gasteiger partial charge in [-0.15, -0.1) is 0 Å². The van der Waals surface area contributed by atoms with Crippen LogP contribution in [0.25, 0.3) is 11.6 Å². The molecule has 12 atom stereocenters. The van der Waals surface area contributed by atoms with Gasteiger partial charge in [-0.3, -0.25) is 67.1 Å². The number of aromatic nitrogens is 1. The van der Waals surface area contributed by atoms with Crippen molar-refractivity contribution in [1.29, 1.82) is 0 Å². The second-order valence-corrected chi connectivity index (χ2v) is 29.1. The molecule has 24 N–H and O–H groups in total. The largest absolute Gasteiger partial charge is 0.461 e. The van der Waals surface area contributed by atoms with Crippen LogP contribution >= 0.6 is 0 Å². The fourth-order valence-corrected chi connectivity index (χ4v) is 13.3. The molecule has 4 aromatic rings. The smallest absolute Gasteiger partial charge is 0.306 e. The molecule has 1 saturated heterocycles. The van der Waals surface area contributed by atoms with E-state index in [1.807, 2.05) is 13.8 Å². The van der Waals surface area contributed by atoms with Crippen molar-refractivity contribution >= 4 is 100 Å². The molecule has 36 nitrogen and oxygen atoms in total. The molecule has 0 aliphatic carbocycles. The quantitative estimate of drug-likeness (QED) is 0.0132. The van der Waals surface area contributed by atoms with Gasteiger partial charge in [0.2, 0.25) is 59.1 Å². The zero-order valence-corrected chi connectivity index (χ0v) is 67.0. The number of hydrogen-bond donors (Lipinski definition) is 19. The Kier molecular flexibility index (Phi) is 36.8. The maximum atomic E-state index is 15.1. The molecule has 0 radical (unpaired) electrons. The minimum atomic E-state index is -1.85. The number of aryl methyl sites for hydroxylation is 2. The number of likely N-dealkylation sites (N-methyl/N-ethyl adjacent to an activating group) is 1. The molecule has 37 heteroatoms. The first-order valence-electron chi connectivity index (χ1n) is 38.9. The number of halogens is 1. The summed E-state index contributed by atoms with van der Waals surface area (Å²) in [5.74, 6) is -13.8. The first-order chi connectivity index (χ1) is 55.1. The summed E-state index contributed by atoms with van der Waals surface area (Å²) in [6, 6.07) is 0.864. The average molecular weight is 1620 g/mol. The van der Waals surface area contributed by atoms with Gasteiger partial charge >= 0.3 is 5.97 Å². The zero-order chi connectivity index (χ0) is 85.8. The molecule has 2 aliphatic rings. The Morgan fingerprint density at radius 1 is 0.672 bits per heavy atom. The Bertz CT molecular complexity index is 4190. The Morgan fingerprint density at radius 2 is 1.26 bits per heavy atom. The molecular weight excluding hydrogens is 1510 g/mol. The summed E-state index contributed by atoms with van der Waals surface area (Å²) in [5, 5.41) is 50.0. The number of aliphatic hydroxyl groups excluding tert-OH is 2. The van der Waals surface area contributed by atoms with Crippen molar-refractivity contribution in [2.45, 2.75) is 199 Å². The van der Waals surface area contributed by atoms with Gasteiger partial charge in [0.1, 0.15) is 66.8 Å². The lowest BCUT2D eigenvalue weighted by Gasteiger charge is -2.28. The van der Waals surface area contributed by atoms with E-state index in [9.17, 15) is 77.3 Å². The first kappa shape index (κ1) is 93.9. The van der Waals surface area contributed by atoms with Crippen LogP contribution < -0.4 is 92.1 Å². The molecule has 0 unspecified atom stereocenters. The second-order valence-electron chi connectivity index (χ2n) is 29.1. The van der Waals surface area contributed by atoms with Gasteiger partial charge in [0.15, 0.2) is 0 Å². The lowest BCUT2D eigenvalue weighted by atomic mass is 10.00. The average Bonchev–Trinajstić information content (AvgIpc) is 1.59. The predicted octanol–water partition coefficient (Wildman–Crippen LogP) is -2.64. The number of anilines is 1. The number of nitrogens with zero attached hydrogens (tertiary/aromatic N) is 2. The number of rotatable bonds is 33. The SMILES string of the molecule is CCN(CC)CCNC(=O)c1c(C)[nH]c(/C=C2\C(=O)N(C(=O)c3c(C)cccc3COC(=O)CC[C@H](N)C(=O)N[C@H](C(=O)N[C@@H](CCN)C(=O)N[C@H]3CCNC(=O)[C@H]([C@@H](C)O)NC(=O)[C@H](CCN)NC(=O)[C@H](CCN)NC(=O)[C@H](CC(C)C)NC(=O)[C@@H](Cc4ccccc4)NC(=O)[C@H](CCN)NC3=O)[C@@H](C)O)c3ccc(F)cc32)c1C. The van der Waals surface area contributed by atoms with Crippen LogP contribution in [0.5, 0.6) is 0 Å². The van der Waals surface area contributed by atoms with Crippen molar-refractivity contribution in [1.82, 2.24) is 68.4 Å². The molecule has 1 fully saturated rings. The molecule has 1 aromatic heterocycles. The van der Waals surface area contributed by atoms with Gasteiger partial charge in [-0.25, -0.2) is 9.29 Å². The molecule has 0 bridgehead atoms. The normalized spacial score (nSPS) is 20.5. The lowest BCUT2D eigenvalue weighted by molar-refractivity contribution is -0.145. The van der Waals surface area contributed by atoms with Crippen molar-refractivity contribution < 1.29 is 86.5 Å². The van der Waals surface area contributed by atoms with E-state index in [1.54, 1.807) is 77.1 Å². The molecule has 116 heavy (non-hydrogen) atoms. The number of hydrogen-bond acceptors (Lipinski definition) is 23. The number of nitrogens with two attached hydrogens (primary N) is 5. The Balaban J connectivity index is 1.18. The molecule has 2 aliphatic heterocycles. The van der Waals surface area contributed by atoms with Crippen LogP contribution in [-0.4, -0.2) is 234 Å². The van der Waals surface area contributed by atoms with Gasteiger partial charge in [-0.1, -0.05) is 76.2 Å². The van der Waals surface area contributed by atoms with Gasteiger partial charge in [-0.2, -0.15) is 0 Å². The van der Waals surface area contributed by atoms with Crippen LogP contribution in [0.4, 0.5) is 10.1 Å². The third-order valence-electron chi connectivity index (χ3n) is 19.8. The van der Waals surface area contributed by atoms with Crippen molar-refractivity contribution in [2.75, 3.05) is 63.8 Å². The van der Waals surface area contributed by atoms with Crippen molar-refractivity contribution in [3.05, 3.63) is 123 Å². The highest BCUT2D eigenvalue weighted by molar-refractivity contribution is 6.44. The summed E-state index contributed by atoms with van der Waals surface area (Å²) in [5.41, 5.74) is 32.9. The highest BCUT2D eigenvalue weighted by Gasteiger charge is 2.41. The van der Waals surface area contributed by atoms with Crippen molar-refractivity contribution in [3.63, 3.8) is 0 Å². The number of nitrogens with one attached hydrogen (secondary N) is 12. The van der Waals surface area contributed by atoms with E-state index in [2.05, 4.69) is 68.4 Å². The summed E-state index contributed by atoms with van der Waals surface area (Å²) >= 11 is 0. The summed E-state index contributed by atoms with van der Waals surface area (Å²) in [4.78, 5) is 205. The fraction of sp³-hybridized carbons (Fsp3) is 0.519. The van der Waals surface area contributed by atoms with E-state index in [1.165, 1.54) is 25.1 Å². The number of ether oxygens (including phenoxy) is 1. The van der Waals surface area contributed by atoms with Gasteiger partial charge in [0.05, 0.1) is 35.1 Å². The van der Waals surface area contributed by atoms with E-state index in [0.717, 1.165) is 37.0 Å². The topological polar surface area (TPSA) is 573 Å². The number of aromatic amines is 1. The van der Waals surface area contributed by atoms with Gasteiger partial charge in [-0.05, 0) is 166 Å². The van der Waals surface area contributed by atoms with Gasteiger partial charge in [0, 0.05) is 60.6 Å². The number of benzene rings is 3. The maximum Gasteiger partial charge on any atom is 0.306 e. The maximum absolute atomic E-state index is 15.1. The van der Waals surface area contributed by atoms with E-state index in [4.69, 9.17) is 33.4 Å². The molecule has 0 saturated carbocycles. The molecule has 3 heterocycles.